The molecule has 0 aliphatic heterocycles. The molecule has 3 rings (SSSR count). The van der Waals surface area contributed by atoms with Crippen molar-refractivity contribution in [2.45, 2.75) is 0 Å². The zero-order chi connectivity index (χ0) is 14.1. The largest absolute Gasteiger partial charge is 0.495 e. The minimum Gasteiger partial charge on any atom is -0.495 e. The van der Waals surface area contributed by atoms with E-state index in [1.807, 2.05) is 42.5 Å². The Kier molecular flexibility index (Phi) is 3.20. The minimum absolute atomic E-state index is 0.618. The molecule has 4 heteroatoms. The number of pyridine rings is 1. The van der Waals surface area contributed by atoms with Crippen molar-refractivity contribution in [1.29, 1.82) is 0 Å². The van der Waals surface area contributed by atoms with Crippen LogP contribution in [0.1, 0.15) is 0 Å². The van der Waals surface area contributed by atoms with Crippen molar-refractivity contribution in [1.82, 2.24) is 4.98 Å². The number of ether oxygens (including phenoxy) is 1. The van der Waals surface area contributed by atoms with E-state index in [4.69, 9.17) is 22.1 Å². The third-order valence-corrected chi connectivity index (χ3v) is 3.47. The van der Waals surface area contributed by atoms with Crippen LogP contribution in [0.2, 0.25) is 5.02 Å². The van der Waals surface area contributed by atoms with Crippen LogP contribution < -0.4 is 10.5 Å². The average Bonchev–Trinajstić information content (AvgIpc) is 2.46. The highest BCUT2D eigenvalue weighted by Crippen LogP contribution is 2.38. The van der Waals surface area contributed by atoms with Crippen LogP contribution in [-0.4, -0.2) is 12.1 Å². The lowest BCUT2D eigenvalue weighted by molar-refractivity contribution is 0.421. The number of fused-ring (bicyclic) bond motifs is 1. The van der Waals surface area contributed by atoms with E-state index in [-0.39, 0.29) is 0 Å². The highest BCUT2D eigenvalue weighted by Gasteiger charge is 2.13. The third kappa shape index (κ3) is 2.06. The molecule has 0 aliphatic rings. The summed E-state index contributed by atoms with van der Waals surface area (Å²) in [5.74, 6) is 0.732. The predicted octanol–water partition coefficient (Wildman–Crippen LogP) is 4.15. The number of anilines is 1. The van der Waals surface area contributed by atoms with Gasteiger partial charge in [-0.05, 0) is 35.7 Å². The second-order valence-corrected chi connectivity index (χ2v) is 4.89. The monoisotopic (exact) mass is 284 g/mol. The first kappa shape index (κ1) is 12.8. The van der Waals surface area contributed by atoms with Gasteiger partial charge in [-0.2, -0.15) is 0 Å². The molecule has 100 valence electrons. The summed E-state index contributed by atoms with van der Waals surface area (Å²) in [5, 5.41) is 2.67. The molecular formula is C16H13ClN2O. The molecule has 2 aromatic carbocycles. The molecule has 0 spiro atoms. The molecule has 0 aliphatic carbocycles. The number of methoxy groups -OCH3 is 1. The normalized spacial score (nSPS) is 10.7. The number of rotatable bonds is 2. The highest BCUT2D eigenvalue weighted by molar-refractivity contribution is 6.31. The van der Waals surface area contributed by atoms with Crippen molar-refractivity contribution in [3.8, 4) is 17.0 Å². The Morgan fingerprint density at radius 1 is 1.15 bits per heavy atom. The zero-order valence-electron chi connectivity index (χ0n) is 10.9. The second kappa shape index (κ2) is 5.02. The van der Waals surface area contributed by atoms with Gasteiger partial charge < -0.3 is 10.5 Å². The fourth-order valence-corrected chi connectivity index (χ4v) is 2.49. The molecule has 0 bridgehead atoms. The summed E-state index contributed by atoms with van der Waals surface area (Å²) in [6.45, 7) is 0. The Bertz CT molecular complexity index is 787. The molecular weight excluding hydrogens is 272 g/mol. The van der Waals surface area contributed by atoms with Crippen LogP contribution >= 0.6 is 11.6 Å². The predicted molar refractivity (Wildman–Crippen MR) is 83.2 cm³/mol. The number of aromatic nitrogens is 1. The Morgan fingerprint density at radius 3 is 2.70 bits per heavy atom. The maximum atomic E-state index is 6.08. The van der Waals surface area contributed by atoms with Crippen LogP contribution in [0.5, 0.6) is 5.75 Å². The van der Waals surface area contributed by atoms with Crippen LogP contribution in [0.3, 0.4) is 0 Å². The van der Waals surface area contributed by atoms with Gasteiger partial charge in [-0.25, -0.2) is 0 Å². The van der Waals surface area contributed by atoms with Gasteiger partial charge in [0.05, 0.1) is 18.5 Å². The Balaban J connectivity index is 2.34. The SMILES string of the molecule is COc1c(-c2ncccc2N)ccc2ccc(Cl)cc12. The van der Waals surface area contributed by atoms with E-state index < -0.39 is 0 Å². The fraction of sp³-hybridized carbons (Fsp3) is 0.0625. The van der Waals surface area contributed by atoms with Gasteiger partial charge in [0, 0.05) is 22.2 Å². The summed E-state index contributed by atoms with van der Waals surface area (Å²) in [7, 11) is 1.64. The van der Waals surface area contributed by atoms with Crippen LogP contribution in [0.15, 0.2) is 48.7 Å². The smallest absolute Gasteiger partial charge is 0.136 e. The first-order valence-corrected chi connectivity index (χ1v) is 6.55. The molecule has 20 heavy (non-hydrogen) atoms. The van der Waals surface area contributed by atoms with E-state index in [0.29, 0.717) is 16.4 Å². The highest BCUT2D eigenvalue weighted by atomic mass is 35.5. The van der Waals surface area contributed by atoms with Gasteiger partial charge in [0.2, 0.25) is 0 Å². The van der Waals surface area contributed by atoms with Crippen LogP contribution in [0.25, 0.3) is 22.0 Å². The summed E-state index contributed by atoms with van der Waals surface area (Å²) in [4.78, 5) is 4.35. The van der Waals surface area contributed by atoms with Crippen LogP contribution in [0, 0.1) is 0 Å². The Morgan fingerprint density at radius 2 is 1.95 bits per heavy atom. The number of hydrogen-bond donors (Lipinski definition) is 1. The molecule has 0 radical (unpaired) electrons. The lowest BCUT2D eigenvalue weighted by atomic mass is 10.0. The van der Waals surface area contributed by atoms with Crippen LogP contribution in [0.4, 0.5) is 5.69 Å². The summed E-state index contributed by atoms with van der Waals surface area (Å²) in [6, 6.07) is 13.3. The molecule has 3 nitrogen and oxygen atoms in total. The summed E-state index contributed by atoms with van der Waals surface area (Å²) in [6.07, 6.45) is 1.72. The number of benzene rings is 2. The summed E-state index contributed by atoms with van der Waals surface area (Å²) >= 11 is 6.08. The van der Waals surface area contributed by atoms with E-state index in [1.165, 1.54) is 0 Å². The van der Waals surface area contributed by atoms with Gasteiger partial charge in [0.1, 0.15) is 5.75 Å². The molecule has 1 aromatic heterocycles. The van der Waals surface area contributed by atoms with Gasteiger partial charge in [-0.15, -0.1) is 0 Å². The number of nitrogen functional groups attached to an aromatic ring is 1. The number of nitrogens with zero attached hydrogens (tertiary/aromatic N) is 1. The molecule has 0 saturated carbocycles. The first-order chi connectivity index (χ1) is 9.70. The standard InChI is InChI=1S/C16H13ClN2O/c1-20-16-12(15-14(18)3-2-8-19-15)7-5-10-4-6-11(17)9-13(10)16/h2-9H,18H2,1H3. The maximum Gasteiger partial charge on any atom is 0.136 e. The van der Waals surface area contributed by atoms with Gasteiger partial charge in [0.25, 0.3) is 0 Å². The third-order valence-electron chi connectivity index (χ3n) is 3.23. The Labute approximate surface area is 122 Å². The van der Waals surface area contributed by atoms with Crippen molar-refractivity contribution in [2.24, 2.45) is 0 Å². The molecule has 0 unspecified atom stereocenters. The minimum atomic E-state index is 0.618. The number of hydrogen-bond acceptors (Lipinski definition) is 3. The van der Waals surface area contributed by atoms with Crippen molar-refractivity contribution in [2.75, 3.05) is 12.8 Å². The lowest BCUT2D eigenvalue weighted by Gasteiger charge is -2.13. The van der Waals surface area contributed by atoms with Gasteiger partial charge in [-0.3, -0.25) is 4.98 Å². The number of nitrogens with two attached hydrogens (primary N) is 1. The van der Waals surface area contributed by atoms with Crippen molar-refractivity contribution in [3.63, 3.8) is 0 Å². The fourth-order valence-electron chi connectivity index (χ4n) is 2.31. The lowest BCUT2D eigenvalue weighted by Crippen LogP contribution is -1.96. The van der Waals surface area contributed by atoms with E-state index in [9.17, 15) is 0 Å². The van der Waals surface area contributed by atoms with E-state index >= 15 is 0 Å². The van der Waals surface area contributed by atoms with Crippen molar-refractivity contribution >= 4 is 28.1 Å². The van der Waals surface area contributed by atoms with E-state index in [0.717, 1.165) is 22.1 Å². The molecule has 0 fully saturated rings. The van der Waals surface area contributed by atoms with E-state index in [2.05, 4.69) is 4.98 Å². The first-order valence-electron chi connectivity index (χ1n) is 6.18. The molecule has 0 amide bonds. The summed E-state index contributed by atoms with van der Waals surface area (Å²) < 4.78 is 5.57. The topological polar surface area (TPSA) is 48.1 Å². The molecule has 2 N–H and O–H groups in total. The average molecular weight is 285 g/mol. The quantitative estimate of drug-likeness (QED) is 0.769. The van der Waals surface area contributed by atoms with Gasteiger partial charge in [0.15, 0.2) is 0 Å². The van der Waals surface area contributed by atoms with Crippen molar-refractivity contribution < 1.29 is 4.74 Å². The van der Waals surface area contributed by atoms with Gasteiger partial charge >= 0.3 is 0 Å². The molecule has 3 aromatic rings. The zero-order valence-corrected chi connectivity index (χ0v) is 11.7. The summed E-state index contributed by atoms with van der Waals surface area (Å²) in [5.41, 5.74) is 8.20. The Hall–Kier alpha value is -2.26. The van der Waals surface area contributed by atoms with Crippen molar-refractivity contribution in [3.05, 3.63) is 53.7 Å². The van der Waals surface area contributed by atoms with Crippen LogP contribution in [-0.2, 0) is 0 Å². The second-order valence-electron chi connectivity index (χ2n) is 4.45. The molecule has 1 heterocycles. The molecule has 0 atom stereocenters. The number of halogens is 1. The maximum absolute atomic E-state index is 6.08. The van der Waals surface area contributed by atoms with E-state index in [1.54, 1.807) is 13.3 Å². The van der Waals surface area contributed by atoms with Gasteiger partial charge in [-0.1, -0.05) is 23.7 Å². The molecule has 0 saturated heterocycles.